The molecule has 0 fully saturated rings. The van der Waals surface area contributed by atoms with Crippen molar-refractivity contribution >= 4 is 11.0 Å². The summed E-state index contributed by atoms with van der Waals surface area (Å²) in [6.45, 7) is 0. The molecule has 0 aliphatic carbocycles. The SMILES string of the molecule is C.[Fe].[SiH4].[V]. The van der Waals surface area contributed by atoms with Crippen LogP contribution < -0.4 is 0 Å². The maximum atomic E-state index is 0. The summed E-state index contributed by atoms with van der Waals surface area (Å²) in [5.41, 5.74) is 0. The van der Waals surface area contributed by atoms with Crippen molar-refractivity contribution in [3.63, 3.8) is 0 Å². The first-order chi connectivity index (χ1) is 0. The molecule has 0 aromatic rings. The summed E-state index contributed by atoms with van der Waals surface area (Å²) in [5, 5.41) is 0. The molecule has 0 rings (SSSR count). The predicted molar refractivity (Wildman–Crippen MR) is 18.1 cm³/mol. The van der Waals surface area contributed by atoms with Crippen molar-refractivity contribution in [1.29, 1.82) is 0 Å². The Morgan fingerprint density at radius 2 is 1.00 bits per heavy atom. The van der Waals surface area contributed by atoms with Crippen LogP contribution in [0.2, 0.25) is 0 Å². The molecule has 0 bridgehead atoms. The van der Waals surface area contributed by atoms with Gasteiger partial charge in [0.15, 0.2) is 0 Å². The Kier molecular flexibility index (Phi) is 389. The summed E-state index contributed by atoms with van der Waals surface area (Å²) >= 11 is 0. The van der Waals surface area contributed by atoms with Crippen molar-refractivity contribution in [2.45, 2.75) is 7.43 Å². The minimum atomic E-state index is 0. The van der Waals surface area contributed by atoms with E-state index in [1.807, 2.05) is 0 Å². The van der Waals surface area contributed by atoms with Gasteiger partial charge in [0.05, 0.1) is 0 Å². The molecule has 29 valence electrons. The van der Waals surface area contributed by atoms with Crippen LogP contribution in [0.1, 0.15) is 7.43 Å². The topological polar surface area (TPSA) is 0 Å². The van der Waals surface area contributed by atoms with Gasteiger partial charge in [-0.25, -0.2) is 0 Å². The molecule has 0 spiro atoms. The van der Waals surface area contributed by atoms with Crippen molar-refractivity contribution in [2.75, 3.05) is 0 Å². The van der Waals surface area contributed by atoms with Crippen LogP contribution in [-0.4, -0.2) is 11.0 Å². The third-order valence-electron chi connectivity index (χ3n) is 0. The minimum absolute atomic E-state index is 0. The van der Waals surface area contributed by atoms with E-state index in [1.165, 1.54) is 0 Å². The van der Waals surface area contributed by atoms with Gasteiger partial charge in [-0.1, -0.05) is 7.43 Å². The summed E-state index contributed by atoms with van der Waals surface area (Å²) in [5.74, 6) is 0. The van der Waals surface area contributed by atoms with Crippen LogP contribution in [0, 0.1) is 0 Å². The second-order valence-electron chi connectivity index (χ2n) is 0. The normalized spacial score (nSPS) is 0. The molecule has 0 saturated carbocycles. The van der Waals surface area contributed by atoms with Crippen LogP contribution in [0.3, 0.4) is 0 Å². The van der Waals surface area contributed by atoms with Gasteiger partial charge in [-0.3, -0.25) is 0 Å². The van der Waals surface area contributed by atoms with Crippen LogP contribution in [0.4, 0.5) is 0 Å². The zero-order chi connectivity index (χ0) is 0. The summed E-state index contributed by atoms with van der Waals surface area (Å²) in [6, 6.07) is 0. The monoisotopic (exact) mass is 155 g/mol. The van der Waals surface area contributed by atoms with Gasteiger partial charge in [-0.05, 0) is 11.0 Å². The van der Waals surface area contributed by atoms with E-state index in [9.17, 15) is 0 Å². The number of hydrogen-bond donors (Lipinski definition) is 0. The predicted octanol–water partition coefficient (Wildman–Crippen LogP) is -0.821. The minimum Gasteiger partial charge on any atom is -0.0776 e. The molecule has 0 unspecified atom stereocenters. The van der Waals surface area contributed by atoms with Gasteiger partial charge in [0.25, 0.3) is 0 Å². The molecule has 1 radical (unpaired) electrons. The molecule has 0 amide bonds. The second kappa shape index (κ2) is 27.3. The maximum Gasteiger partial charge on any atom is 0 e. The molecule has 3 heteroatoms. The van der Waals surface area contributed by atoms with Gasteiger partial charge in [0.2, 0.25) is 0 Å². The first-order valence-electron chi connectivity index (χ1n) is 0. The Balaban J connectivity index is 0. The summed E-state index contributed by atoms with van der Waals surface area (Å²) < 4.78 is 0. The Labute approximate surface area is 54.1 Å². The molecule has 0 saturated heterocycles. The van der Waals surface area contributed by atoms with Crippen molar-refractivity contribution in [2.24, 2.45) is 0 Å². The fourth-order valence-corrected chi connectivity index (χ4v) is 0. The largest absolute Gasteiger partial charge is 0.0776 e. The van der Waals surface area contributed by atoms with Crippen molar-refractivity contribution in [3.8, 4) is 0 Å². The summed E-state index contributed by atoms with van der Waals surface area (Å²) in [7, 11) is 0. The Morgan fingerprint density at radius 3 is 1.00 bits per heavy atom. The van der Waals surface area contributed by atoms with E-state index >= 15 is 0 Å². The molecule has 0 heterocycles. The number of rotatable bonds is 0. The van der Waals surface area contributed by atoms with E-state index in [4.69, 9.17) is 0 Å². The first kappa shape index (κ1) is 56.9. The van der Waals surface area contributed by atoms with Crippen LogP contribution in [0.15, 0.2) is 0 Å². The van der Waals surface area contributed by atoms with E-state index in [1.54, 1.807) is 0 Å². The average molecular weight is 155 g/mol. The molecule has 0 N–H and O–H groups in total. The van der Waals surface area contributed by atoms with Gasteiger partial charge in [0.1, 0.15) is 0 Å². The summed E-state index contributed by atoms with van der Waals surface area (Å²) in [6.07, 6.45) is 0. The molecule has 0 nitrogen and oxygen atoms in total. The average Bonchev–Trinajstić information content (AvgIpc) is 0. The zero-order valence-corrected chi connectivity index (χ0v) is 3.30. The molecule has 0 atom stereocenters. The van der Waals surface area contributed by atoms with Crippen molar-refractivity contribution < 1.29 is 35.6 Å². The van der Waals surface area contributed by atoms with Gasteiger partial charge in [0, 0.05) is 35.6 Å². The third-order valence-corrected chi connectivity index (χ3v) is 0. The Hall–Kier alpha value is 1.32. The standard InChI is InChI=1S/CH4.Fe.H4Si.V/h1H4;;1H4;. The fraction of sp³-hybridized carbons (Fsp3) is 1.00. The van der Waals surface area contributed by atoms with E-state index in [2.05, 4.69) is 0 Å². The molecular weight excluding hydrogens is 147 g/mol. The van der Waals surface area contributed by atoms with Crippen LogP contribution in [0.5, 0.6) is 0 Å². The Bertz CT molecular complexity index is 8.00. The molecule has 0 aliphatic rings. The van der Waals surface area contributed by atoms with E-state index < -0.39 is 0 Å². The van der Waals surface area contributed by atoms with E-state index in [0.717, 1.165) is 0 Å². The molecular formula is CH8FeSiV. The summed E-state index contributed by atoms with van der Waals surface area (Å²) in [4.78, 5) is 0. The first-order valence-corrected chi connectivity index (χ1v) is 0. The Morgan fingerprint density at radius 1 is 1.00 bits per heavy atom. The van der Waals surface area contributed by atoms with Gasteiger partial charge in [-0.2, -0.15) is 0 Å². The van der Waals surface area contributed by atoms with E-state index in [-0.39, 0.29) is 54.0 Å². The molecule has 0 aromatic heterocycles. The van der Waals surface area contributed by atoms with E-state index in [0.29, 0.717) is 0 Å². The smallest absolute Gasteiger partial charge is 0 e. The third kappa shape index (κ3) is 10.3. The molecule has 0 aliphatic heterocycles. The molecule has 0 aromatic carbocycles. The maximum absolute atomic E-state index is 0. The molecule has 4 heavy (non-hydrogen) atoms. The quantitative estimate of drug-likeness (QED) is 0.401. The second-order valence-corrected chi connectivity index (χ2v) is 0. The number of hydrogen-bond acceptors (Lipinski definition) is 0. The van der Waals surface area contributed by atoms with Crippen molar-refractivity contribution in [3.05, 3.63) is 0 Å². The zero-order valence-electron chi connectivity index (χ0n) is 0.801. The fourth-order valence-electron chi connectivity index (χ4n) is 0. The van der Waals surface area contributed by atoms with Crippen LogP contribution in [0.25, 0.3) is 0 Å². The van der Waals surface area contributed by atoms with Crippen LogP contribution in [-0.2, 0) is 35.6 Å². The van der Waals surface area contributed by atoms with Gasteiger partial charge in [-0.15, -0.1) is 0 Å². The van der Waals surface area contributed by atoms with Gasteiger partial charge >= 0.3 is 0 Å². The van der Waals surface area contributed by atoms with Gasteiger partial charge < -0.3 is 0 Å². The van der Waals surface area contributed by atoms with Crippen LogP contribution >= 0.6 is 0 Å². The van der Waals surface area contributed by atoms with Crippen molar-refractivity contribution in [1.82, 2.24) is 0 Å².